The molecule has 0 saturated carbocycles. The highest BCUT2D eigenvalue weighted by Gasteiger charge is 2.10. The van der Waals surface area contributed by atoms with Crippen molar-refractivity contribution in [1.29, 1.82) is 0 Å². The maximum absolute atomic E-state index is 11.2. The van der Waals surface area contributed by atoms with Gasteiger partial charge < -0.3 is 4.74 Å². The molecule has 0 saturated heterocycles. The monoisotopic (exact) mass is 345 g/mol. The van der Waals surface area contributed by atoms with Crippen LogP contribution in [0.15, 0.2) is 27.6 Å². The molecule has 0 aliphatic carbocycles. The number of nitrogens with two attached hydrogens (primary N) is 1. The second kappa shape index (κ2) is 5.95. The fourth-order valence-corrected chi connectivity index (χ4v) is 2.38. The van der Waals surface area contributed by atoms with Gasteiger partial charge in [-0.1, -0.05) is 11.8 Å². The van der Waals surface area contributed by atoms with E-state index in [2.05, 4.69) is 27.8 Å². The standard InChI is InChI=1S/C13H16BrNO3S/c1-13(2,3)7-4-8-18-12-6-5-10(9-11(12)14)19(15,16)17/h5-6,9H,8H2,1-3H3,(H2,15,16,17). The predicted octanol–water partition coefficient (Wildman–Crippen LogP) is 2.52. The number of hydrogen-bond donors (Lipinski definition) is 1. The van der Waals surface area contributed by atoms with Crippen LogP contribution in [0, 0.1) is 17.3 Å². The number of hydrogen-bond acceptors (Lipinski definition) is 3. The number of rotatable bonds is 3. The molecule has 0 amide bonds. The van der Waals surface area contributed by atoms with Crippen LogP contribution in [-0.4, -0.2) is 15.0 Å². The van der Waals surface area contributed by atoms with E-state index in [1.807, 2.05) is 20.8 Å². The zero-order valence-electron chi connectivity index (χ0n) is 11.0. The lowest BCUT2D eigenvalue weighted by Crippen LogP contribution is -2.12. The summed E-state index contributed by atoms with van der Waals surface area (Å²) in [6.07, 6.45) is 0. The number of halogens is 1. The van der Waals surface area contributed by atoms with Crippen molar-refractivity contribution < 1.29 is 13.2 Å². The Labute approximate surface area is 122 Å². The van der Waals surface area contributed by atoms with Crippen LogP contribution in [-0.2, 0) is 10.0 Å². The smallest absolute Gasteiger partial charge is 0.238 e. The minimum Gasteiger partial charge on any atom is -0.480 e. The molecule has 1 aromatic rings. The number of primary sulfonamides is 1. The first-order chi connectivity index (χ1) is 8.59. The van der Waals surface area contributed by atoms with Crippen molar-refractivity contribution in [3.63, 3.8) is 0 Å². The van der Waals surface area contributed by atoms with Crippen LogP contribution in [0.5, 0.6) is 5.75 Å². The quantitative estimate of drug-likeness (QED) is 0.855. The van der Waals surface area contributed by atoms with Gasteiger partial charge in [0, 0.05) is 5.41 Å². The molecule has 6 heteroatoms. The van der Waals surface area contributed by atoms with Crippen molar-refractivity contribution in [2.45, 2.75) is 25.7 Å². The van der Waals surface area contributed by atoms with Gasteiger partial charge in [-0.15, -0.1) is 0 Å². The maximum Gasteiger partial charge on any atom is 0.238 e. The molecule has 19 heavy (non-hydrogen) atoms. The molecule has 104 valence electrons. The Bertz CT molecular complexity index is 622. The zero-order chi connectivity index (χ0) is 14.7. The molecular weight excluding hydrogens is 330 g/mol. The van der Waals surface area contributed by atoms with Gasteiger partial charge in [-0.25, -0.2) is 13.6 Å². The van der Waals surface area contributed by atoms with E-state index in [1.54, 1.807) is 6.07 Å². The molecule has 0 aromatic heterocycles. The molecule has 0 aliphatic heterocycles. The van der Waals surface area contributed by atoms with Crippen LogP contribution in [0.2, 0.25) is 0 Å². The molecule has 0 unspecified atom stereocenters. The summed E-state index contributed by atoms with van der Waals surface area (Å²) in [5.41, 5.74) is -0.0714. The van der Waals surface area contributed by atoms with E-state index in [9.17, 15) is 8.42 Å². The lowest BCUT2D eigenvalue weighted by atomic mass is 9.98. The van der Waals surface area contributed by atoms with Gasteiger partial charge in [0.1, 0.15) is 12.4 Å². The van der Waals surface area contributed by atoms with E-state index in [0.29, 0.717) is 10.2 Å². The van der Waals surface area contributed by atoms with Crippen molar-refractivity contribution in [2.75, 3.05) is 6.61 Å². The fourth-order valence-electron chi connectivity index (χ4n) is 1.19. The van der Waals surface area contributed by atoms with E-state index in [4.69, 9.17) is 9.88 Å². The summed E-state index contributed by atoms with van der Waals surface area (Å²) in [7, 11) is -3.70. The number of ether oxygens (including phenoxy) is 1. The van der Waals surface area contributed by atoms with E-state index < -0.39 is 10.0 Å². The second-order valence-corrected chi connectivity index (χ2v) is 7.39. The molecule has 0 heterocycles. The van der Waals surface area contributed by atoms with Gasteiger partial charge in [0.25, 0.3) is 0 Å². The van der Waals surface area contributed by atoms with Crippen molar-refractivity contribution in [3.05, 3.63) is 22.7 Å². The largest absolute Gasteiger partial charge is 0.480 e. The van der Waals surface area contributed by atoms with Crippen LogP contribution >= 0.6 is 15.9 Å². The molecule has 0 bridgehead atoms. The van der Waals surface area contributed by atoms with Gasteiger partial charge in [-0.05, 0) is 54.9 Å². The van der Waals surface area contributed by atoms with Crippen molar-refractivity contribution in [3.8, 4) is 17.6 Å². The van der Waals surface area contributed by atoms with Crippen LogP contribution in [0.25, 0.3) is 0 Å². The van der Waals surface area contributed by atoms with Crippen molar-refractivity contribution >= 4 is 26.0 Å². The molecule has 4 nitrogen and oxygen atoms in total. The van der Waals surface area contributed by atoms with Gasteiger partial charge >= 0.3 is 0 Å². The third kappa shape index (κ3) is 5.64. The summed E-state index contributed by atoms with van der Waals surface area (Å²) < 4.78 is 28.3. The predicted molar refractivity (Wildman–Crippen MR) is 78.2 cm³/mol. The Kier molecular flexibility index (Phi) is 5.02. The van der Waals surface area contributed by atoms with Crippen molar-refractivity contribution in [1.82, 2.24) is 0 Å². The van der Waals surface area contributed by atoms with Crippen LogP contribution < -0.4 is 9.88 Å². The molecule has 0 radical (unpaired) electrons. The Morgan fingerprint density at radius 2 is 2.00 bits per heavy atom. The van der Waals surface area contributed by atoms with E-state index in [1.165, 1.54) is 12.1 Å². The molecule has 0 atom stereocenters. The normalized spacial score (nSPS) is 11.6. The van der Waals surface area contributed by atoms with Crippen LogP contribution in [0.1, 0.15) is 20.8 Å². The van der Waals surface area contributed by atoms with Gasteiger partial charge in [-0.3, -0.25) is 0 Å². The first-order valence-corrected chi connectivity index (χ1v) is 7.89. The lowest BCUT2D eigenvalue weighted by molar-refractivity contribution is 0.366. The summed E-state index contributed by atoms with van der Waals surface area (Å²) in [6.45, 7) is 6.27. The molecule has 2 N–H and O–H groups in total. The van der Waals surface area contributed by atoms with Gasteiger partial charge in [0.2, 0.25) is 10.0 Å². The Morgan fingerprint density at radius 1 is 1.37 bits per heavy atom. The fraction of sp³-hybridized carbons (Fsp3) is 0.385. The average molecular weight is 346 g/mol. The highest BCUT2D eigenvalue weighted by atomic mass is 79.9. The summed E-state index contributed by atoms with van der Waals surface area (Å²) in [6, 6.07) is 4.34. The summed E-state index contributed by atoms with van der Waals surface area (Å²) >= 11 is 3.24. The number of benzene rings is 1. The average Bonchev–Trinajstić information content (AvgIpc) is 2.23. The molecular formula is C13H16BrNO3S. The number of sulfonamides is 1. The Hall–Kier alpha value is -1.03. The molecule has 0 spiro atoms. The van der Waals surface area contributed by atoms with Crippen LogP contribution in [0.4, 0.5) is 0 Å². The lowest BCUT2D eigenvalue weighted by Gasteiger charge is -2.08. The molecule has 1 rings (SSSR count). The summed E-state index contributed by atoms with van der Waals surface area (Å²) in [5.74, 6) is 6.47. The first kappa shape index (κ1) is 16.0. The van der Waals surface area contributed by atoms with Crippen LogP contribution in [0.3, 0.4) is 0 Å². The third-order valence-corrected chi connectivity index (χ3v) is 3.53. The third-order valence-electron chi connectivity index (χ3n) is 2.00. The highest BCUT2D eigenvalue weighted by Crippen LogP contribution is 2.27. The minimum atomic E-state index is -3.70. The minimum absolute atomic E-state index is 0.0347. The Morgan fingerprint density at radius 3 is 2.47 bits per heavy atom. The van der Waals surface area contributed by atoms with Crippen molar-refractivity contribution in [2.24, 2.45) is 10.6 Å². The first-order valence-electron chi connectivity index (χ1n) is 5.55. The molecule has 0 fully saturated rings. The summed E-state index contributed by atoms with van der Waals surface area (Å²) in [4.78, 5) is 0.0347. The van der Waals surface area contributed by atoms with Gasteiger partial charge in [-0.2, -0.15) is 0 Å². The Balaban J connectivity index is 2.79. The topological polar surface area (TPSA) is 69.4 Å². The molecule has 1 aromatic carbocycles. The zero-order valence-corrected chi connectivity index (χ0v) is 13.4. The van der Waals surface area contributed by atoms with Gasteiger partial charge in [0.05, 0.1) is 9.37 Å². The molecule has 0 aliphatic rings. The highest BCUT2D eigenvalue weighted by molar-refractivity contribution is 9.10. The van der Waals surface area contributed by atoms with E-state index >= 15 is 0 Å². The summed E-state index contributed by atoms with van der Waals surface area (Å²) in [5, 5.41) is 5.03. The SMILES string of the molecule is CC(C)(C)C#CCOc1ccc(S(N)(=O)=O)cc1Br. The second-order valence-electron chi connectivity index (χ2n) is 4.98. The maximum atomic E-state index is 11.2. The van der Waals surface area contributed by atoms with E-state index in [0.717, 1.165) is 0 Å². The van der Waals surface area contributed by atoms with Gasteiger partial charge in [0.15, 0.2) is 0 Å². The van der Waals surface area contributed by atoms with E-state index in [-0.39, 0.29) is 16.9 Å².